The van der Waals surface area contributed by atoms with Crippen molar-refractivity contribution in [3.05, 3.63) is 64.7 Å². The molecule has 4 amide bonds. The lowest BCUT2D eigenvalue weighted by atomic mass is 9.70. The van der Waals surface area contributed by atoms with Crippen LogP contribution in [0.1, 0.15) is 53.7 Å². The molecule has 0 aliphatic carbocycles. The average Bonchev–Trinajstić information content (AvgIpc) is 3.23. The summed E-state index contributed by atoms with van der Waals surface area (Å²) in [6, 6.07) is 9.96. The highest BCUT2D eigenvalue weighted by atomic mass is 19.3. The SMILES string of the molecule is BC1(N2Cc3cc(CNC(=O)C(F)(F)c4cccc(OCCOC(C)C)c4)ccc3C2=O)CCC(=O)NC1=O. The highest BCUT2D eigenvalue weighted by Gasteiger charge is 2.48. The summed E-state index contributed by atoms with van der Waals surface area (Å²) in [5, 5.41) is 4.55. The average molecular weight is 541 g/mol. The Balaban J connectivity index is 1.39. The van der Waals surface area contributed by atoms with Gasteiger partial charge >= 0.3 is 5.92 Å². The molecule has 0 aromatic heterocycles. The van der Waals surface area contributed by atoms with Crippen LogP contribution in [0.4, 0.5) is 8.78 Å². The van der Waals surface area contributed by atoms with Crippen molar-refractivity contribution in [2.45, 2.75) is 57.2 Å². The molecule has 2 aromatic rings. The fourth-order valence-corrected chi connectivity index (χ4v) is 4.58. The van der Waals surface area contributed by atoms with Crippen molar-refractivity contribution in [1.82, 2.24) is 15.5 Å². The van der Waals surface area contributed by atoms with Gasteiger partial charge in [0.15, 0.2) is 0 Å². The Morgan fingerprint density at radius 1 is 1.18 bits per heavy atom. The molecule has 39 heavy (non-hydrogen) atoms. The zero-order chi connectivity index (χ0) is 28.4. The second kappa shape index (κ2) is 11.1. The van der Waals surface area contributed by atoms with Crippen LogP contribution in [0.3, 0.4) is 0 Å². The number of benzene rings is 2. The number of piperidine rings is 1. The molecule has 206 valence electrons. The lowest BCUT2D eigenvalue weighted by molar-refractivity contribution is -0.147. The topological polar surface area (TPSA) is 114 Å². The Labute approximate surface area is 225 Å². The van der Waals surface area contributed by atoms with E-state index >= 15 is 0 Å². The highest BCUT2D eigenvalue weighted by molar-refractivity contribution is 6.32. The molecule has 2 aliphatic heterocycles. The van der Waals surface area contributed by atoms with Gasteiger partial charge in [0.25, 0.3) is 11.8 Å². The van der Waals surface area contributed by atoms with E-state index in [0.29, 0.717) is 23.3 Å². The molecule has 1 saturated heterocycles. The Morgan fingerprint density at radius 2 is 1.95 bits per heavy atom. The number of rotatable bonds is 10. The minimum atomic E-state index is -3.81. The molecule has 9 nitrogen and oxygen atoms in total. The van der Waals surface area contributed by atoms with Crippen molar-refractivity contribution in [2.75, 3.05) is 13.2 Å². The van der Waals surface area contributed by atoms with Crippen molar-refractivity contribution in [3.8, 4) is 5.75 Å². The lowest BCUT2D eigenvalue weighted by Gasteiger charge is -2.39. The number of hydrogen-bond acceptors (Lipinski definition) is 6. The first kappa shape index (κ1) is 28.2. The zero-order valence-corrected chi connectivity index (χ0v) is 22.0. The summed E-state index contributed by atoms with van der Waals surface area (Å²) < 4.78 is 40.7. The van der Waals surface area contributed by atoms with Gasteiger partial charge < -0.3 is 19.7 Å². The second-order valence-corrected chi connectivity index (χ2v) is 10.1. The molecule has 2 aromatic carbocycles. The van der Waals surface area contributed by atoms with Gasteiger partial charge in [0.1, 0.15) is 20.2 Å². The molecule has 0 spiro atoms. The van der Waals surface area contributed by atoms with Crippen molar-refractivity contribution in [1.29, 1.82) is 0 Å². The maximum Gasteiger partial charge on any atom is 0.349 e. The quantitative estimate of drug-likeness (QED) is 0.269. The predicted octanol–water partition coefficient (Wildman–Crippen LogP) is 1.62. The molecule has 0 bridgehead atoms. The summed E-state index contributed by atoms with van der Waals surface area (Å²) in [4.78, 5) is 51.0. The summed E-state index contributed by atoms with van der Waals surface area (Å²) in [6.07, 6.45) is 0.342. The van der Waals surface area contributed by atoms with Gasteiger partial charge in [-0.15, -0.1) is 0 Å². The summed E-state index contributed by atoms with van der Waals surface area (Å²) >= 11 is 0. The number of nitrogens with zero attached hydrogens (tertiary/aromatic N) is 1. The molecule has 2 N–H and O–H groups in total. The summed E-state index contributed by atoms with van der Waals surface area (Å²) in [5.74, 6) is -6.35. The number of fused-ring (bicyclic) bond motifs is 1. The van der Waals surface area contributed by atoms with Crippen LogP contribution in [0.5, 0.6) is 5.75 Å². The molecule has 1 unspecified atom stereocenters. The van der Waals surface area contributed by atoms with Crippen molar-refractivity contribution < 1.29 is 37.4 Å². The number of carbonyl (C=O) groups is 4. The van der Waals surface area contributed by atoms with E-state index in [1.807, 2.05) is 13.8 Å². The van der Waals surface area contributed by atoms with E-state index in [-0.39, 0.29) is 56.2 Å². The van der Waals surface area contributed by atoms with E-state index in [1.165, 1.54) is 17.0 Å². The van der Waals surface area contributed by atoms with Crippen LogP contribution in [-0.2, 0) is 38.1 Å². The minimum absolute atomic E-state index is 0.0201. The number of hydrogen-bond donors (Lipinski definition) is 2. The Kier molecular flexibility index (Phi) is 8.05. The fourth-order valence-electron chi connectivity index (χ4n) is 4.58. The third kappa shape index (κ3) is 5.95. The second-order valence-electron chi connectivity index (χ2n) is 10.1. The molecular weight excluding hydrogens is 511 g/mol. The van der Waals surface area contributed by atoms with Crippen LogP contribution < -0.4 is 15.4 Å². The number of carbonyl (C=O) groups excluding carboxylic acids is 4. The minimum Gasteiger partial charge on any atom is -0.491 e. The number of ether oxygens (including phenoxy) is 2. The smallest absolute Gasteiger partial charge is 0.349 e. The Hall–Kier alpha value is -3.80. The number of imide groups is 1. The largest absolute Gasteiger partial charge is 0.491 e. The van der Waals surface area contributed by atoms with Gasteiger partial charge in [0.05, 0.1) is 18.1 Å². The first-order valence-electron chi connectivity index (χ1n) is 12.7. The van der Waals surface area contributed by atoms with E-state index in [1.54, 1.807) is 26.0 Å². The number of halogens is 2. The van der Waals surface area contributed by atoms with Crippen LogP contribution >= 0.6 is 0 Å². The number of nitrogens with one attached hydrogen (secondary N) is 2. The predicted molar refractivity (Wildman–Crippen MR) is 139 cm³/mol. The molecule has 0 saturated carbocycles. The molecule has 2 heterocycles. The van der Waals surface area contributed by atoms with Gasteiger partial charge in [0, 0.05) is 30.6 Å². The number of amides is 4. The van der Waals surface area contributed by atoms with Gasteiger partial charge in [-0.05, 0) is 49.6 Å². The third-order valence-corrected chi connectivity index (χ3v) is 6.89. The van der Waals surface area contributed by atoms with E-state index in [4.69, 9.17) is 9.47 Å². The van der Waals surface area contributed by atoms with Crippen molar-refractivity contribution in [2.24, 2.45) is 0 Å². The maximum absolute atomic E-state index is 15.0. The monoisotopic (exact) mass is 541 g/mol. The van der Waals surface area contributed by atoms with Gasteiger partial charge in [-0.1, -0.05) is 24.3 Å². The summed E-state index contributed by atoms with van der Waals surface area (Å²) in [5.41, 5.74) is -0.175. The normalized spacial score (nSPS) is 19.2. The first-order chi connectivity index (χ1) is 18.4. The maximum atomic E-state index is 15.0. The van der Waals surface area contributed by atoms with Gasteiger partial charge in [-0.25, -0.2) is 0 Å². The van der Waals surface area contributed by atoms with Gasteiger partial charge in [-0.3, -0.25) is 24.5 Å². The summed E-state index contributed by atoms with van der Waals surface area (Å²) in [6.45, 7) is 4.16. The fraction of sp³-hybridized carbons (Fsp3) is 0.407. The van der Waals surface area contributed by atoms with Gasteiger partial charge in [0.2, 0.25) is 11.8 Å². The molecule has 2 aliphatic rings. The highest BCUT2D eigenvalue weighted by Crippen LogP contribution is 2.34. The standard InChI is InChI=1S/C27H30BF2N3O6/c1-16(2)38-10-11-39-20-5-3-4-19(13-20)27(29,30)25(37)31-14-17-6-7-21-18(12-17)15-33(23(21)35)26(28)9-8-22(34)32-24(26)36/h3-7,12-13,16H,8-11,14-15,28H2,1-2H3,(H,31,37)(H,32,34,36). The van der Waals surface area contributed by atoms with E-state index in [2.05, 4.69) is 10.6 Å². The third-order valence-electron chi connectivity index (χ3n) is 6.89. The molecule has 1 atom stereocenters. The van der Waals surface area contributed by atoms with Crippen molar-refractivity contribution >= 4 is 31.5 Å². The summed E-state index contributed by atoms with van der Waals surface area (Å²) in [7, 11) is 1.61. The van der Waals surface area contributed by atoms with Crippen molar-refractivity contribution in [3.63, 3.8) is 0 Å². The zero-order valence-electron chi connectivity index (χ0n) is 22.0. The van der Waals surface area contributed by atoms with Crippen LogP contribution in [0.25, 0.3) is 0 Å². The van der Waals surface area contributed by atoms with E-state index in [0.717, 1.165) is 12.1 Å². The Morgan fingerprint density at radius 3 is 2.67 bits per heavy atom. The van der Waals surface area contributed by atoms with Crippen LogP contribution in [0.15, 0.2) is 42.5 Å². The number of alkyl halides is 2. The van der Waals surface area contributed by atoms with E-state index < -0.39 is 28.7 Å². The molecule has 1 fully saturated rings. The lowest BCUT2D eigenvalue weighted by Crippen LogP contribution is -2.63. The van der Waals surface area contributed by atoms with E-state index in [9.17, 15) is 28.0 Å². The van der Waals surface area contributed by atoms with Crippen LogP contribution in [-0.4, -0.2) is 61.1 Å². The van der Waals surface area contributed by atoms with Crippen LogP contribution in [0, 0.1) is 0 Å². The van der Waals surface area contributed by atoms with Crippen LogP contribution in [0.2, 0.25) is 0 Å². The Bertz CT molecular complexity index is 1300. The molecule has 12 heteroatoms. The van der Waals surface area contributed by atoms with Gasteiger partial charge in [-0.2, -0.15) is 8.78 Å². The molecular formula is C27H30BF2N3O6. The first-order valence-corrected chi connectivity index (χ1v) is 12.7. The molecule has 4 rings (SSSR count). The molecule has 0 radical (unpaired) electrons.